The minimum absolute atomic E-state index is 0.219. The van der Waals surface area contributed by atoms with Crippen molar-refractivity contribution in [1.82, 2.24) is 4.31 Å². The zero-order valence-electron chi connectivity index (χ0n) is 11.7. The Morgan fingerprint density at radius 1 is 1.29 bits per heavy atom. The van der Waals surface area contributed by atoms with Crippen LogP contribution in [-0.2, 0) is 21.2 Å². The summed E-state index contributed by atoms with van der Waals surface area (Å²) < 4.78 is 32.3. The van der Waals surface area contributed by atoms with E-state index >= 15 is 0 Å². The van der Waals surface area contributed by atoms with Gasteiger partial charge in [0.15, 0.2) is 0 Å². The molecule has 1 aliphatic carbocycles. The molecule has 0 saturated carbocycles. The first kappa shape index (κ1) is 14.7. The molecule has 0 aromatic heterocycles. The minimum Gasteiger partial charge on any atom is -0.395 e. The van der Waals surface area contributed by atoms with Crippen LogP contribution in [0.4, 0.5) is 0 Å². The average Bonchev–Trinajstić information content (AvgIpc) is 2.54. The number of aliphatic hydroxyl groups excluding tert-OH is 1. The number of morpholine rings is 1. The zero-order chi connectivity index (χ0) is 14.9. The largest absolute Gasteiger partial charge is 0.395 e. The molecule has 1 saturated heterocycles. The number of ether oxygens (including phenoxy) is 1. The molecule has 1 atom stereocenters. The highest BCUT2D eigenvalue weighted by molar-refractivity contribution is 7.93. The Kier molecular flexibility index (Phi) is 4.12. The molecule has 1 aliphatic heterocycles. The van der Waals surface area contributed by atoms with Crippen LogP contribution in [0.2, 0.25) is 0 Å². The summed E-state index contributed by atoms with van der Waals surface area (Å²) in [5, 5.41) is 9.38. The number of benzene rings is 1. The molecule has 114 valence electrons. The highest BCUT2D eigenvalue weighted by Gasteiger charge is 2.35. The van der Waals surface area contributed by atoms with Gasteiger partial charge < -0.3 is 9.84 Å². The fraction of sp³-hybridized carbons (Fsp3) is 0.467. The summed E-state index contributed by atoms with van der Waals surface area (Å²) in [6.45, 7) is 0.703. The van der Waals surface area contributed by atoms with Crippen LogP contribution >= 0.6 is 0 Å². The first-order valence-corrected chi connectivity index (χ1v) is 8.56. The standard InChI is InChI=1S/C15H19NO4S/c17-10-14-11-20-8-7-16(14)21(18,19)15-6-5-12-3-1-2-4-13(12)9-15/h1-4,9,14,17H,5-8,10-11H2/t14-/m1/s1. The highest BCUT2D eigenvalue weighted by atomic mass is 32.2. The van der Waals surface area contributed by atoms with Crippen LogP contribution in [0.15, 0.2) is 29.2 Å². The second kappa shape index (κ2) is 5.88. The van der Waals surface area contributed by atoms with Gasteiger partial charge in [-0.05, 0) is 30.0 Å². The van der Waals surface area contributed by atoms with Gasteiger partial charge in [-0.15, -0.1) is 0 Å². The molecule has 0 radical (unpaired) electrons. The van der Waals surface area contributed by atoms with E-state index in [1.54, 1.807) is 6.08 Å². The Labute approximate surface area is 124 Å². The summed E-state index contributed by atoms with van der Waals surface area (Å²) in [7, 11) is -3.53. The van der Waals surface area contributed by atoms with Crippen molar-refractivity contribution in [2.45, 2.75) is 18.9 Å². The van der Waals surface area contributed by atoms with Crippen LogP contribution in [-0.4, -0.2) is 50.2 Å². The summed E-state index contributed by atoms with van der Waals surface area (Å²) in [4.78, 5) is 0.432. The van der Waals surface area contributed by atoms with Crippen LogP contribution in [0, 0.1) is 0 Å². The maximum absolute atomic E-state index is 12.8. The molecule has 1 heterocycles. The molecule has 1 fully saturated rings. The maximum atomic E-state index is 12.8. The lowest BCUT2D eigenvalue weighted by Crippen LogP contribution is -2.50. The molecule has 1 N–H and O–H groups in total. The first-order valence-electron chi connectivity index (χ1n) is 7.12. The Morgan fingerprint density at radius 2 is 2.10 bits per heavy atom. The van der Waals surface area contributed by atoms with Gasteiger partial charge in [0.25, 0.3) is 0 Å². The molecule has 0 bridgehead atoms. The van der Waals surface area contributed by atoms with Crippen molar-refractivity contribution < 1.29 is 18.3 Å². The van der Waals surface area contributed by atoms with Crippen molar-refractivity contribution in [3.8, 4) is 0 Å². The monoisotopic (exact) mass is 309 g/mol. The van der Waals surface area contributed by atoms with Gasteiger partial charge >= 0.3 is 0 Å². The molecule has 0 unspecified atom stereocenters. The van der Waals surface area contributed by atoms with Crippen molar-refractivity contribution in [3.05, 3.63) is 40.3 Å². The lowest BCUT2D eigenvalue weighted by molar-refractivity contribution is 0.0113. The van der Waals surface area contributed by atoms with Gasteiger partial charge in [-0.2, -0.15) is 4.31 Å². The predicted octanol–water partition coefficient (Wildman–Crippen LogP) is 0.997. The summed E-state index contributed by atoms with van der Waals surface area (Å²) in [6.07, 6.45) is 3.00. The molecule has 1 aromatic carbocycles. The maximum Gasteiger partial charge on any atom is 0.239 e. The fourth-order valence-electron chi connectivity index (χ4n) is 2.86. The molecular weight excluding hydrogens is 290 g/mol. The Hall–Kier alpha value is -1.21. The van der Waals surface area contributed by atoms with Crippen molar-refractivity contribution >= 4 is 16.1 Å². The molecule has 0 amide bonds. The topological polar surface area (TPSA) is 66.8 Å². The normalized spacial score (nSPS) is 23.5. The van der Waals surface area contributed by atoms with E-state index in [1.807, 2.05) is 24.3 Å². The number of rotatable bonds is 3. The number of hydrogen-bond acceptors (Lipinski definition) is 4. The van der Waals surface area contributed by atoms with Gasteiger partial charge in [0.05, 0.1) is 30.8 Å². The highest BCUT2D eigenvalue weighted by Crippen LogP contribution is 2.30. The van der Waals surface area contributed by atoms with Crippen molar-refractivity contribution in [2.75, 3.05) is 26.4 Å². The van der Waals surface area contributed by atoms with Crippen LogP contribution in [0.3, 0.4) is 0 Å². The Morgan fingerprint density at radius 3 is 2.90 bits per heavy atom. The van der Waals surface area contributed by atoms with Gasteiger partial charge in [0.1, 0.15) is 0 Å². The molecule has 1 aromatic rings. The zero-order valence-corrected chi connectivity index (χ0v) is 12.6. The quantitative estimate of drug-likeness (QED) is 0.904. The van der Waals surface area contributed by atoms with E-state index in [0.29, 0.717) is 24.5 Å². The van der Waals surface area contributed by atoms with Gasteiger partial charge in [0.2, 0.25) is 10.0 Å². The van der Waals surface area contributed by atoms with Gasteiger partial charge in [0, 0.05) is 6.54 Å². The third kappa shape index (κ3) is 2.76. The van der Waals surface area contributed by atoms with E-state index < -0.39 is 16.1 Å². The van der Waals surface area contributed by atoms with Gasteiger partial charge in [-0.25, -0.2) is 8.42 Å². The number of hydrogen-bond donors (Lipinski definition) is 1. The van der Waals surface area contributed by atoms with Crippen molar-refractivity contribution in [3.63, 3.8) is 0 Å². The van der Waals surface area contributed by atoms with Crippen molar-refractivity contribution in [2.24, 2.45) is 0 Å². The minimum atomic E-state index is -3.53. The number of nitrogens with zero attached hydrogens (tertiary/aromatic N) is 1. The number of sulfonamides is 1. The van der Waals surface area contributed by atoms with E-state index in [0.717, 1.165) is 12.0 Å². The molecule has 5 nitrogen and oxygen atoms in total. The van der Waals surface area contributed by atoms with Gasteiger partial charge in [-0.1, -0.05) is 24.3 Å². The lowest BCUT2D eigenvalue weighted by atomic mass is 9.98. The van der Waals surface area contributed by atoms with Crippen molar-refractivity contribution in [1.29, 1.82) is 0 Å². The molecule has 0 spiro atoms. The van der Waals surface area contributed by atoms with Gasteiger partial charge in [-0.3, -0.25) is 0 Å². The average molecular weight is 309 g/mol. The molecule has 21 heavy (non-hydrogen) atoms. The number of aryl methyl sites for hydroxylation is 1. The van der Waals surface area contributed by atoms with Crippen LogP contribution < -0.4 is 0 Å². The summed E-state index contributed by atoms with van der Waals surface area (Å²) in [5.41, 5.74) is 2.15. The van der Waals surface area contributed by atoms with Crippen LogP contribution in [0.5, 0.6) is 0 Å². The van der Waals surface area contributed by atoms with E-state index in [9.17, 15) is 13.5 Å². The van der Waals surface area contributed by atoms with E-state index in [2.05, 4.69) is 0 Å². The fourth-order valence-corrected chi connectivity index (χ4v) is 4.63. The Balaban J connectivity index is 1.94. The number of allylic oxidation sites excluding steroid dienone is 1. The summed E-state index contributed by atoms with van der Waals surface area (Å²) in [6, 6.07) is 7.36. The van der Waals surface area contributed by atoms with Crippen LogP contribution in [0.25, 0.3) is 6.08 Å². The number of aliphatic hydroxyl groups is 1. The summed E-state index contributed by atoms with van der Waals surface area (Å²) >= 11 is 0. The van der Waals surface area contributed by atoms with E-state index in [1.165, 1.54) is 9.87 Å². The first-order chi connectivity index (χ1) is 10.1. The second-order valence-electron chi connectivity index (χ2n) is 5.34. The lowest BCUT2D eigenvalue weighted by Gasteiger charge is -2.34. The summed E-state index contributed by atoms with van der Waals surface area (Å²) in [5.74, 6) is 0. The molecule has 6 heteroatoms. The predicted molar refractivity (Wildman–Crippen MR) is 80.1 cm³/mol. The van der Waals surface area contributed by atoms with Crippen LogP contribution in [0.1, 0.15) is 17.5 Å². The third-order valence-electron chi connectivity index (χ3n) is 4.04. The molecular formula is C15H19NO4S. The second-order valence-corrected chi connectivity index (χ2v) is 7.28. The molecule has 3 rings (SSSR count). The van der Waals surface area contributed by atoms with E-state index in [-0.39, 0.29) is 13.2 Å². The number of fused-ring (bicyclic) bond motifs is 1. The Bertz CT molecular complexity index is 653. The third-order valence-corrected chi connectivity index (χ3v) is 6.12. The SMILES string of the molecule is O=S(=O)(C1=Cc2ccccc2CC1)N1CCOC[C@H]1CO. The molecule has 2 aliphatic rings. The van der Waals surface area contributed by atoms with E-state index in [4.69, 9.17) is 4.74 Å². The smallest absolute Gasteiger partial charge is 0.239 e.